The minimum Gasteiger partial charge on any atom is -0.461 e. The first-order valence-corrected chi connectivity index (χ1v) is 9.19. The van der Waals surface area contributed by atoms with E-state index in [1.54, 1.807) is 18.0 Å². The van der Waals surface area contributed by atoms with Gasteiger partial charge in [-0.3, -0.25) is 9.69 Å². The van der Waals surface area contributed by atoms with E-state index >= 15 is 0 Å². The number of furan rings is 1. The molecule has 3 aromatic rings. The Morgan fingerprint density at radius 2 is 2.07 bits per heavy atom. The standard InChI is InChI=1S/C19H21N5O2S/c1-20-18(25)15-10-13-6-3-4-7-14(13)11-23(15)12-24-19(27)22(2)17(21-24)16-8-5-9-26-16/h3-9,15H,10-12H2,1-2H3,(H,20,25)/t15-/m1/s1. The fraction of sp³-hybridized carbons (Fsp3) is 0.316. The highest BCUT2D eigenvalue weighted by Crippen LogP contribution is 2.25. The number of hydrogen-bond acceptors (Lipinski definition) is 5. The molecule has 1 amide bonds. The Morgan fingerprint density at radius 1 is 1.30 bits per heavy atom. The summed E-state index contributed by atoms with van der Waals surface area (Å²) in [5, 5.41) is 7.41. The highest BCUT2D eigenvalue weighted by molar-refractivity contribution is 7.71. The first kappa shape index (κ1) is 17.7. The van der Waals surface area contributed by atoms with E-state index in [2.05, 4.69) is 27.4 Å². The molecule has 0 radical (unpaired) electrons. The summed E-state index contributed by atoms with van der Waals surface area (Å²) in [5.41, 5.74) is 2.44. The van der Waals surface area contributed by atoms with Crippen LogP contribution in [0.25, 0.3) is 11.6 Å². The number of fused-ring (bicyclic) bond motifs is 1. The normalized spacial score (nSPS) is 16.9. The number of benzene rings is 1. The summed E-state index contributed by atoms with van der Waals surface area (Å²) in [6, 6.07) is 11.6. The first-order valence-electron chi connectivity index (χ1n) is 8.78. The van der Waals surface area contributed by atoms with Crippen LogP contribution in [0.5, 0.6) is 0 Å². The number of aromatic nitrogens is 3. The van der Waals surface area contributed by atoms with E-state index in [-0.39, 0.29) is 11.9 Å². The predicted molar refractivity (Wildman–Crippen MR) is 103 cm³/mol. The third kappa shape index (κ3) is 3.22. The maximum Gasteiger partial charge on any atom is 0.237 e. The van der Waals surface area contributed by atoms with Crippen LogP contribution in [0.3, 0.4) is 0 Å². The number of nitrogens with one attached hydrogen (secondary N) is 1. The van der Waals surface area contributed by atoms with Crippen molar-refractivity contribution in [3.63, 3.8) is 0 Å². The van der Waals surface area contributed by atoms with Crippen molar-refractivity contribution in [3.8, 4) is 11.6 Å². The van der Waals surface area contributed by atoms with Crippen LogP contribution in [-0.2, 0) is 31.5 Å². The Kier molecular flexibility index (Phi) is 4.67. The van der Waals surface area contributed by atoms with Crippen molar-refractivity contribution in [2.24, 2.45) is 7.05 Å². The number of likely N-dealkylation sites (N-methyl/N-ethyl adjacent to an activating group) is 1. The molecule has 0 aliphatic carbocycles. The highest BCUT2D eigenvalue weighted by atomic mass is 32.1. The largest absolute Gasteiger partial charge is 0.461 e. The van der Waals surface area contributed by atoms with Gasteiger partial charge < -0.3 is 14.3 Å². The van der Waals surface area contributed by atoms with Gasteiger partial charge in [-0.2, -0.15) is 0 Å². The number of nitrogens with zero attached hydrogens (tertiary/aromatic N) is 4. The Morgan fingerprint density at radius 3 is 2.78 bits per heavy atom. The molecule has 0 saturated carbocycles. The number of carbonyl (C=O) groups is 1. The van der Waals surface area contributed by atoms with E-state index in [0.717, 1.165) is 0 Å². The molecule has 140 valence electrons. The summed E-state index contributed by atoms with van der Waals surface area (Å²) in [6.45, 7) is 1.10. The molecule has 1 N–H and O–H groups in total. The second-order valence-electron chi connectivity index (χ2n) is 6.63. The maximum atomic E-state index is 12.5. The molecule has 1 aliphatic heterocycles. The predicted octanol–water partition coefficient (Wildman–Crippen LogP) is 2.34. The lowest BCUT2D eigenvalue weighted by atomic mass is 9.94. The molecule has 0 bridgehead atoms. The third-order valence-corrected chi connectivity index (χ3v) is 5.48. The number of amides is 1. The number of rotatable bonds is 4. The van der Waals surface area contributed by atoms with Crippen LogP contribution in [0.4, 0.5) is 0 Å². The molecule has 27 heavy (non-hydrogen) atoms. The van der Waals surface area contributed by atoms with Gasteiger partial charge in [-0.25, -0.2) is 4.68 Å². The number of hydrogen-bond donors (Lipinski definition) is 1. The van der Waals surface area contributed by atoms with Crippen molar-refractivity contribution in [2.45, 2.75) is 25.7 Å². The zero-order valence-electron chi connectivity index (χ0n) is 15.3. The Balaban J connectivity index is 1.67. The van der Waals surface area contributed by atoms with E-state index in [1.807, 2.05) is 35.9 Å². The van der Waals surface area contributed by atoms with Crippen molar-refractivity contribution in [2.75, 3.05) is 7.05 Å². The summed E-state index contributed by atoms with van der Waals surface area (Å²) in [7, 11) is 3.54. The van der Waals surface area contributed by atoms with Gasteiger partial charge in [-0.1, -0.05) is 24.3 Å². The molecule has 1 aliphatic rings. The Labute approximate surface area is 162 Å². The Hall–Kier alpha value is -2.71. The molecule has 1 atom stereocenters. The van der Waals surface area contributed by atoms with Gasteiger partial charge in [-0.05, 0) is 41.9 Å². The van der Waals surface area contributed by atoms with Crippen LogP contribution in [0.1, 0.15) is 11.1 Å². The molecule has 3 heterocycles. The van der Waals surface area contributed by atoms with Crippen molar-refractivity contribution >= 4 is 18.1 Å². The lowest BCUT2D eigenvalue weighted by Gasteiger charge is -2.35. The van der Waals surface area contributed by atoms with Crippen LogP contribution in [0.2, 0.25) is 0 Å². The molecular weight excluding hydrogens is 362 g/mol. The van der Waals surface area contributed by atoms with Crippen LogP contribution in [-0.4, -0.2) is 38.2 Å². The van der Waals surface area contributed by atoms with Gasteiger partial charge in [0.2, 0.25) is 5.91 Å². The van der Waals surface area contributed by atoms with Gasteiger partial charge in [0.1, 0.15) is 0 Å². The zero-order valence-corrected chi connectivity index (χ0v) is 16.1. The Bertz CT molecular complexity index is 1020. The van der Waals surface area contributed by atoms with Crippen LogP contribution in [0.15, 0.2) is 47.1 Å². The van der Waals surface area contributed by atoms with Gasteiger partial charge in [0.05, 0.1) is 19.0 Å². The SMILES string of the molecule is CNC(=O)[C@H]1Cc2ccccc2CN1Cn1nc(-c2ccco2)n(C)c1=S. The van der Waals surface area contributed by atoms with Crippen LogP contribution >= 0.6 is 12.2 Å². The molecular formula is C19H21N5O2S. The van der Waals surface area contributed by atoms with Gasteiger partial charge in [0, 0.05) is 20.6 Å². The van der Waals surface area contributed by atoms with Crippen LogP contribution in [0, 0.1) is 4.77 Å². The monoisotopic (exact) mass is 383 g/mol. The topological polar surface area (TPSA) is 68.2 Å². The van der Waals surface area contributed by atoms with E-state index in [4.69, 9.17) is 16.6 Å². The van der Waals surface area contributed by atoms with Gasteiger partial charge in [0.25, 0.3) is 0 Å². The van der Waals surface area contributed by atoms with Crippen molar-refractivity contribution in [3.05, 3.63) is 58.6 Å². The van der Waals surface area contributed by atoms with Gasteiger partial charge in [-0.15, -0.1) is 5.10 Å². The van der Waals surface area contributed by atoms with Crippen molar-refractivity contribution in [1.29, 1.82) is 0 Å². The molecule has 7 nitrogen and oxygen atoms in total. The highest BCUT2D eigenvalue weighted by Gasteiger charge is 2.31. The summed E-state index contributed by atoms with van der Waals surface area (Å²) < 4.78 is 9.61. The smallest absolute Gasteiger partial charge is 0.237 e. The molecule has 1 aromatic carbocycles. The summed E-state index contributed by atoms with van der Waals surface area (Å²) in [5.74, 6) is 1.33. The molecule has 0 saturated heterocycles. The minimum absolute atomic E-state index is 0.00166. The molecule has 0 spiro atoms. The van der Waals surface area contributed by atoms with E-state index in [0.29, 0.717) is 36.0 Å². The van der Waals surface area contributed by atoms with Gasteiger partial charge in [0.15, 0.2) is 16.4 Å². The molecule has 2 aromatic heterocycles. The molecule has 4 rings (SSSR count). The summed E-state index contributed by atoms with van der Waals surface area (Å²) in [6.07, 6.45) is 2.28. The number of carbonyl (C=O) groups excluding carboxylic acids is 1. The second-order valence-corrected chi connectivity index (χ2v) is 7.00. The zero-order chi connectivity index (χ0) is 19.0. The fourth-order valence-corrected chi connectivity index (χ4v) is 3.71. The quantitative estimate of drug-likeness (QED) is 0.701. The van der Waals surface area contributed by atoms with Crippen molar-refractivity contribution in [1.82, 2.24) is 24.6 Å². The minimum atomic E-state index is -0.263. The maximum absolute atomic E-state index is 12.5. The van der Waals surface area contributed by atoms with E-state index in [9.17, 15) is 4.79 Å². The average molecular weight is 383 g/mol. The van der Waals surface area contributed by atoms with E-state index in [1.165, 1.54) is 11.1 Å². The second kappa shape index (κ2) is 7.13. The summed E-state index contributed by atoms with van der Waals surface area (Å²) >= 11 is 5.56. The molecule has 0 unspecified atom stereocenters. The third-order valence-electron chi connectivity index (χ3n) is 4.99. The van der Waals surface area contributed by atoms with Crippen LogP contribution < -0.4 is 5.32 Å². The lowest BCUT2D eigenvalue weighted by molar-refractivity contribution is -0.127. The first-order chi connectivity index (χ1) is 13.1. The summed E-state index contributed by atoms with van der Waals surface area (Å²) in [4.78, 5) is 14.6. The fourth-order valence-electron chi connectivity index (χ4n) is 3.52. The van der Waals surface area contributed by atoms with Crippen molar-refractivity contribution < 1.29 is 9.21 Å². The lowest BCUT2D eigenvalue weighted by Crippen LogP contribution is -2.50. The molecule has 8 heteroatoms. The average Bonchev–Trinajstić information content (AvgIpc) is 3.31. The van der Waals surface area contributed by atoms with E-state index < -0.39 is 0 Å². The molecule has 0 fully saturated rings. The van der Waals surface area contributed by atoms with Gasteiger partial charge >= 0.3 is 0 Å².